The fraction of sp³-hybridized carbons (Fsp3) is 0.176. The molecule has 0 bridgehead atoms. The zero-order chi connectivity index (χ0) is 17.2. The highest BCUT2D eigenvalue weighted by atomic mass is 16.7. The molecule has 8 heteroatoms. The standard InChI is InChI=1S/C17H13N3O5/c21-20(22)14-5-12-8-23-10-25-16(12)13(6-14)9-24-17-15-4-2-1-3-11(15)7-18-19-17/h1-7H,8-10H2. The van der Waals surface area contributed by atoms with Crippen LogP contribution in [0.3, 0.4) is 0 Å². The quantitative estimate of drug-likeness (QED) is 0.532. The van der Waals surface area contributed by atoms with Crippen LogP contribution in [0.2, 0.25) is 0 Å². The molecule has 2 aromatic carbocycles. The van der Waals surface area contributed by atoms with Gasteiger partial charge >= 0.3 is 0 Å². The molecule has 25 heavy (non-hydrogen) atoms. The van der Waals surface area contributed by atoms with Crippen molar-refractivity contribution in [2.45, 2.75) is 13.2 Å². The summed E-state index contributed by atoms with van der Waals surface area (Å²) in [6.45, 7) is 0.441. The Morgan fingerprint density at radius 2 is 2.16 bits per heavy atom. The zero-order valence-electron chi connectivity index (χ0n) is 13.0. The smallest absolute Gasteiger partial charge is 0.270 e. The van der Waals surface area contributed by atoms with Gasteiger partial charge in [0.05, 0.1) is 17.7 Å². The number of nitro benzene ring substituents is 1. The van der Waals surface area contributed by atoms with Crippen molar-refractivity contribution in [1.82, 2.24) is 10.2 Å². The second-order valence-corrected chi connectivity index (χ2v) is 5.49. The first kappa shape index (κ1) is 15.3. The summed E-state index contributed by atoms with van der Waals surface area (Å²) in [7, 11) is 0. The summed E-state index contributed by atoms with van der Waals surface area (Å²) in [6, 6.07) is 10.5. The number of ether oxygens (including phenoxy) is 3. The number of rotatable bonds is 4. The molecule has 1 aromatic heterocycles. The molecule has 0 N–H and O–H groups in total. The molecule has 1 aliphatic rings. The molecule has 0 unspecified atom stereocenters. The lowest BCUT2D eigenvalue weighted by atomic mass is 10.1. The monoisotopic (exact) mass is 339 g/mol. The van der Waals surface area contributed by atoms with Gasteiger partial charge in [0, 0.05) is 34.0 Å². The van der Waals surface area contributed by atoms with Crippen LogP contribution >= 0.6 is 0 Å². The highest BCUT2D eigenvalue weighted by Crippen LogP contribution is 2.33. The Morgan fingerprint density at radius 3 is 3.04 bits per heavy atom. The van der Waals surface area contributed by atoms with Crippen molar-refractivity contribution in [3.8, 4) is 11.6 Å². The van der Waals surface area contributed by atoms with Gasteiger partial charge in [-0.05, 0) is 6.07 Å². The summed E-state index contributed by atoms with van der Waals surface area (Å²) in [6.07, 6.45) is 1.65. The second-order valence-electron chi connectivity index (χ2n) is 5.49. The predicted molar refractivity (Wildman–Crippen MR) is 87.3 cm³/mol. The first-order valence-corrected chi connectivity index (χ1v) is 7.56. The average molecular weight is 339 g/mol. The van der Waals surface area contributed by atoms with Crippen molar-refractivity contribution in [2.24, 2.45) is 0 Å². The zero-order valence-corrected chi connectivity index (χ0v) is 13.0. The SMILES string of the molecule is O=[N+]([O-])c1cc2c(c(COc3nncc4ccccc34)c1)OCOC2. The minimum atomic E-state index is -0.448. The van der Waals surface area contributed by atoms with E-state index < -0.39 is 4.92 Å². The van der Waals surface area contributed by atoms with Gasteiger partial charge < -0.3 is 14.2 Å². The predicted octanol–water partition coefficient (Wildman–Crippen LogP) is 2.98. The Morgan fingerprint density at radius 1 is 1.28 bits per heavy atom. The van der Waals surface area contributed by atoms with Crippen molar-refractivity contribution in [1.29, 1.82) is 0 Å². The van der Waals surface area contributed by atoms with Gasteiger partial charge in [-0.3, -0.25) is 10.1 Å². The second kappa shape index (κ2) is 6.33. The van der Waals surface area contributed by atoms with Crippen LogP contribution in [-0.4, -0.2) is 21.9 Å². The molecule has 0 saturated heterocycles. The van der Waals surface area contributed by atoms with Crippen molar-refractivity contribution in [2.75, 3.05) is 6.79 Å². The van der Waals surface area contributed by atoms with Crippen LogP contribution in [-0.2, 0) is 18.0 Å². The molecule has 0 radical (unpaired) electrons. The largest absolute Gasteiger partial charge is 0.471 e. The van der Waals surface area contributed by atoms with Crippen LogP contribution in [0.25, 0.3) is 10.8 Å². The molecule has 8 nitrogen and oxygen atoms in total. The number of nitrogens with zero attached hydrogens (tertiary/aromatic N) is 3. The van der Waals surface area contributed by atoms with Crippen molar-refractivity contribution < 1.29 is 19.1 Å². The van der Waals surface area contributed by atoms with Crippen molar-refractivity contribution in [3.05, 3.63) is 63.8 Å². The molecule has 0 saturated carbocycles. The van der Waals surface area contributed by atoms with Crippen LogP contribution in [0.1, 0.15) is 11.1 Å². The maximum Gasteiger partial charge on any atom is 0.270 e. The molecule has 0 fully saturated rings. The Bertz CT molecular complexity index is 955. The van der Waals surface area contributed by atoms with Gasteiger partial charge in [-0.25, -0.2) is 0 Å². The molecule has 3 aromatic rings. The molecule has 126 valence electrons. The molecule has 1 aliphatic heterocycles. The normalized spacial score (nSPS) is 13.1. The Balaban J connectivity index is 1.68. The number of fused-ring (bicyclic) bond motifs is 2. The van der Waals surface area contributed by atoms with E-state index in [0.717, 1.165) is 10.8 Å². The lowest BCUT2D eigenvalue weighted by molar-refractivity contribution is -0.385. The summed E-state index contributed by atoms with van der Waals surface area (Å²) >= 11 is 0. The number of non-ortho nitro benzene ring substituents is 1. The Labute approximate surface area is 142 Å². The van der Waals surface area contributed by atoms with Crippen LogP contribution in [0, 0.1) is 10.1 Å². The summed E-state index contributed by atoms with van der Waals surface area (Å²) in [5.41, 5.74) is 1.17. The maximum absolute atomic E-state index is 11.1. The van der Waals surface area contributed by atoms with Crippen LogP contribution < -0.4 is 9.47 Å². The average Bonchev–Trinajstić information content (AvgIpc) is 2.65. The van der Waals surface area contributed by atoms with Gasteiger partial charge in [0.15, 0.2) is 6.79 Å². The molecule has 0 atom stereocenters. The molecule has 0 amide bonds. The minimum absolute atomic E-state index is 0.0320. The number of hydrogen-bond donors (Lipinski definition) is 0. The van der Waals surface area contributed by atoms with E-state index in [0.29, 0.717) is 22.8 Å². The van der Waals surface area contributed by atoms with E-state index in [-0.39, 0.29) is 25.7 Å². The Kier molecular flexibility index (Phi) is 3.87. The highest BCUT2D eigenvalue weighted by molar-refractivity contribution is 5.85. The summed E-state index contributed by atoms with van der Waals surface area (Å²) < 4.78 is 16.5. The molecular weight excluding hydrogens is 326 g/mol. The van der Waals surface area contributed by atoms with E-state index in [9.17, 15) is 10.1 Å². The fourth-order valence-electron chi connectivity index (χ4n) is 2.75. The van der Waals surface area contributed by atoms with Crippen molar-refractivity contribution in [3.63, 3.8) is 0 Å². The topological polar surface area (TPSA) is 96.6 Å². The molecule has 0 spiro atoms. The fourth-order valence-corrected chi connectivity index (χ4v) is 2.75. The lowest BCUT2D eigenvalue weighted by Crippen LogP contribution is -2.14. The van der Waals surface area contributed by atoms with Crippen molar-refractivity contribution >= 4 is 16.5 Å². The van der Waals surface area contributed by atoms with E-state index in [1.807, 2.05) is 24.3 Å². The summed E-state index contributed by atoms with van der Waals surface area (Å²) in [5.74, 6) is 0.926. The van der Waals surface area contributed by atoms with Gasteiger partial charge in [0.1, 0.15) is 12.4 Å². The molecule has 0 aliphatic carbocycles. The third-order valence-electron chi connectivity index (χ3n) is 3.88. The third kappa shape index (κ3) is 2.94. The highest BCUT2D eigenvalue weighted by Gasteiger charge is 2.21. The van der Waals surface area contributed by atoms with E-state index >= 15 is 0 Å². The number of benzene rings is 2. The summed E-state index contributed by atoms with van der Waals surface area (Å²) in [4.78, 5) is 10.7. The first-order valence-electron chi connectivity index (χ1n) is 7.56. The van der Waals surface area contributed by atoms with Crippen LogP contribution in [0.5, 0.6) is 11.6 Å². The summed E-state index contributed by atoms with van der Waals surface area (Å²) in [5, 5.41) is 20.8. The van der Waals surface area contributed by atoms with Crippen LogP contribution in [0.4, 0.5) is 5.69 Å². The number of nitro groups is 1. The van der Waals surface area contributed by atoms with Gasteiger partial charge in [-0.2, -0.15) is 5.10 Å². The maximum atomic E-state index is 11.1. The molecule has 4 rings (SSSR count). The van der Waals surface area contributed by atoms with E-state index in [2.05, 4.69) is 10.2 Å². The van der Waals surface area contributed by atoms with E-state index in [4.69, 9.17) is 14.2 Å². The van der Waals surface area contributed by atoms with Gasteiger partial charge in [0.25, 0.3) is 5.69 Å². The van der Waals surface area contributed by atoms with Gasteiger partial charge in [0.2, 0.25) is 5.88 Å². The van der Waals surface area contributed by atoms with E-state index in [1.54, 1.807) is 6.20 Å². The van der Waals surface area contributed by atoms with E-state index in [1.165, 1.54) is 12.1 Å². The molecule has 2 heterocycles. The first-order chi connectivity index (χ1) is 12.2. The molecular formula is C17H13N3O5. The van der Waals surface area contributed by atoms with Crippen LogP contribution in [0.15, 0.2) is 42.6 Å². The Hall–Kier alpha value is -3.26. The lowest BCUT2D eigenvalue weighted by Gasteiger charge is -2.20. The van der Waals surface area contributed by atoms with Gasteiger partial charge in [-0.15, -0.1) is 5.10 Å². The number of hydrogen-bond acceptors (Lipinski definition) is 7. The minimum Gasteiger partial charge on any atom is -0.471 e. The third-order valence-corrected chi connectivity index (χ3v) is 3.88. The number of aromatic nitrogens is 2. The van der Waals surface area contributed by atoms with Gasteiger partial charge in [-0.1, -0.05) is 18.2 Å².